The predicted octanol–water partition coefficient (Wildman–Crippen LogP) is 6.94. The van der Waals surface area contributed by atoms with Crippen molar-refractivity contribution in [3.8, 4) is 6.07 Å². The standard InChI is InChI=1S/C39H43F4N5O3/c1-37(2)14-34(37)36(50)47-23-38(24-47)22-46(35(49)28-16-45-48(18-28)17-25-6-12-31(40)13-7-25)19-30(38)21-51-20-27-4-3-5-32(33(27)15-44)26-8-10-29(11-9-26)39(41,42)43/h3-7,12-13,16,18,26,29-30,34H,8-11,14,17,19-24H2,1-2H3/t26?,29?,30-,34+/m0/s1. The Hall–Kier alpha value is -4.24. The summed E-state index contributed by atoms with van der Waals surface area (Å²) >= 11 is 0. The number of hydrogen-bond acceptors (Lipinski definition) is 5. The molecular weight excluding hydrogens is 662 g/mol. The number of carbonyl (C=O) groups is 2. The molecule has 2 atom stereocenters. The lowest BCUT2D eigenvalue weighted by Gasteiger charge is -2.51. The molecule has 2 amide bonds. The summed E-state index contributed by atoms with van der Waals surface area (Å²) in [6.07, 6.45) is 0.810. The van der Waals surface area contributed by atoms with Crippen molar-refractivity contribution in [2.24, 2.45) is 28.6 Å². The van der Waals surface area contributed by atoms with Gasteiger partial charge in [-0.1, -0.05) is 44.2 Å². The van der Waals surface area contributed by atoms with Crippen LogP contribution in [-0.2, 0) is 22.7 Å². The van der Waals surface area contributed by atoms with E-state index in [1.54, 1.807) is 29.2 Å². The molecule has 2 saturated carbocycles. The van der Waals surface area contributed by atoms with E-state index in [9.17, 15) is 32.4 Å². The molecule has 270 valence electrons. The van der Waals surface area contributed by atoms with Gasteiger partial charge < -0.3 is 14.5 Å². The highest BCUT2D eigenvalue weighted by molar-refractivity contribution is 5.94. The first-order chi connectivity index (χ1) is 24.3. The zero-order chi connectivity index (χ0) is 36.1. The van der Waals surface area contributed by atoms with E-state index in [0.717, 1.165) is 17.5 Å². The van der Waals surface area contributed by atoms with Gasteiger partial charge in [0.05, 0.1) is 49.1 Å². The summed E-state index contributed by atoms with van der Waals surface area (Å²) in [4.78, 5) is 30.8. The van der Waals surface area contributed by atoms with Crippen LogP contribution in [0.1, 0.15) is 84.5 Å². The lowest BCUT2D eigenvalue weighted by molar-refractivity contribution is -0.182. The molecule has 12 heteroatoms. The molecule has 2 aliphatic carbocycles. The van der Waals surface area contributed by atoms with Gasteiger partial charge in [-0.15, -0.1) is 0 Å². The van der Waals surface area contributed by atoms with E-state index in [2.05, 4.69) is 25.0 Å². The maximum Gasteiger partial charge on any atom is 0.391 e. The van der Waals surface area contributed by atoms with Crippen molar-refractivity contribution in [2.75, 3.05) is 32.8 Å². The first-order valence-electron chi connectivity index (χ1n) is 17.8. The third-order valence-electron chi connectivity index (χ3n) is 11.9. The van der Waals surface area contributed by atoms with E-state index < -0.39 is 12.1 Å². The zero-order valence-corrected chi connectivity index (χ0v) is 29.0. The normalized spacial score (nSPS) is 25.0. The van der Waals surface area contributed by atoms with Gasteiger partial charge in [-0.05, 0) is 72.3 Å². The molecule has 2 aliphatic heterocycles. The van der Waals surface area contributed by atoms with Crippen LogP contribution in [0, 0.1) is 45.7 Å². The van der Waals surface area contributed by atoms with Gasteiger partial charge in [0.25, 0.3) is 5.91 Å². The molecule has 2 saturated heterocycles. The quantitative estimate of drug-likeness (QED) is 0.225. The molecule has 7 rings (SSSR count). The highest BCUT2D eigenvalue weighted by Crippen LogP contribution is 2.55. The maximum atomic E-state index is 13.8. The third-order valence-corrected chi connectivity index (χ3v) is 11.9. The van der Waals surface area contributed by atoms with Gasteiger partial charge in [0.1, 0.15) is 5.82 Å². The number of nitrogens with zero attached hydrogens (tertiary/aromatic N) is 5. The second-order valence-electron chi connectivity index (χ2n) is 15.8. The van der Waals surface area contributed by atoms with Crippen LogP contribution in [0.3, 0.4) is 0 Å². The smallest absolute Gasteiger partial charge is 0.376 e. The van der Waals surface area contributed by atoms with Crippen molar-refractivity contribution in [3.63, 3.8) is 0 Å². The highest BCUT2D eigenvalue weighted by atomic mass is 19.4. The second-order valence-corrected chi connectivity index (χ2v) is 15.8. The predicted molar refractivity (Wildman–Crippen MR) is 180 cm³/mol. The Labute approximate surface area is 295 Å². The van der Waals surface area contributed by atoms with Gasteiger partial charge in [-0.2, -0.15) is 23.5 Å². The molecule has 0 bridgehead atoms. The van der Waals surface area contributed by atoms with Crippen molar-refractivity contribution in [1.82, 2.24) is 19.6 Å². The van der Waals surface area contributed by atoms with Crippen LogP contribution >= 0.6 is 0 Å². The number of aromatic nitrogens is 2. The van der Waals surface area contributed by atoms with Crippen LogP contribution in [0.25, 0.3) is 0 Å². The molecule has 2 aromatic carbocycles. The minimum Gasteiger partial charge on any atom is -0.376 e. The van der Waals surface area contributed by atoms with Gasteiger partial charge in [0.15, 0.2) is 0 Å². The first kappa shape index (κ1) is 35.2. The van der Waals surface area contributed by atoms with Gasteiger partial charge >= 0.3 is 6.18 Å². The van der Waals surface area contributed by atoms with Gasteiger partial charge in [-0.3, -0.25) is 14.3 Å². The number of ether oxygens (including phenoxy) is 1. The Morgan fingerprint density at radius 2 is 1.71 bits per heavy atom. The zero-order valence-electron chi connectivity index (χ0n) is 29.0. The Bertz CT molecular complexity index is 1820. The molecule has 0 unspecified atom stereocenters. The molecule has 51 heavy (non-hydrogen) atoms. The number of hydrogen-bond donors (Lipinski definition) is 0. The summed E-state index contributed by atoms with van der Waals surface area (Å²) in [7, 11) is 0. The topological polar surface area (TPSA) is 91.5 Å². The summed E-state index contributed by atoms with van der Waals surface area (Å²) in [6, 6.07) is 13.9. The first-order valence-corrected chi connectivity index (χ1v) is 17.8. The van der Waals surface area contributed by atoms with E-state index >= 15 is 0 Å². The Morgan fingerprint density at radius 1 is 1.02 bits per heavy atom. The van der Waals surface area contributed by atoms with Gasteiger partial charge in [-0.25, -0.2) is 4.39 Å². The van der Waals surface area contributed by atoms with Crippen molar-refractivity contribution >= 4 is 11.8 Å². The third kappa shape index (κ3) is 7.14. The number of likely N-dealkylation sites (tertiary alicyclic amines) is 2. The van der Waals surface area contributed by atoms with Crippen LogP contribution in [0.15, 0.2) is 54.9 Å². The number of nitriles is 1. The lowest BCUT2D eigenvalue weighted by atomic mass is 9.71. The highest BCUT2D eigenvalue weighted by Gasteiger charge is 2.60. The average Bonchev–Trinajstić information content (AvgIpc) is 3.38. The summed E-state index contributed by atoms with van der Waals surface area (Å²) in [5.74, 6) is -1.74. The Morgan fingerprint density at radius 3 is 2.35 bits per heavy atom. The summed E-state index contributed by atoms with van der Waals surface area (Å²) < 4.78 is 61.1. The Kier molecular flexibility index (Phi) is 9.23. The monoisotopic (exact) mass is 705 g/mol. The summed E-state index contributed by atoms with van der Waals surface area (Å²) in [5, 5.41) is 14.5. The van der Waals surface area contributed by atoms with E-state index in [1.165, 1.54) is 12.1 Å². The summed E-state index contributed by atoms with van der Waals surface area (Å²) in [5.41, 5.74) is 2.93. The molecule has 4 fully saturated rings. The van der Waals surface area contributed by atoms with E-state index in [4.69, 9.17) is 4.74 Å². The fraction of sp³-hybridized carbons (Fsp3) is 0.538. The summed E-state index contributed by atoms with van der Waals surface area (Å²) in [6.45, 7) is 7.06. The van der Waals surface area contributed by atoms with Crippen molar-refractivity contribution in [2.45, 2.75) is 71.2 Å². The van der Waals surface area contributed by atoms with Crippen LogP contribution in [0.5, 0.6) is 0 Å². The van der Waals surface area contributed by atoms with Crippen molar-refractivity contribution in [3.05, 3.63) is 88.5 Å². The molecule has 0 radical (unpaired) electrons. The molecule has 3 aromatic rings. The molecule has 1 spiro atoms. The molecule has 0 N–H and O–H groups in total. The number of benzene rings is 2. The van der Waals surface area contributed by atoms with Crippen molar-refractivity contribution < 1.29 is 31.9 Å². The second kappa shape index (κ2) is 13.4. The number of amides is 2. The number of carbonyl (C=O) groups excluding carboxylic acids is 2. The minimum absolute atomic E-state index is 0.0126. The number of halogens is 4. The van der Waals surface area contributed by atoms with E-state index in [0.29, 0.717) is 68.9 Å². The van der Waals surface area contributed by atoms with Gasteiger partial charge in [0.2, 0.25) is 5.91 Å². The molecule has 3 heterocycles. The van der Waals surface area contributed by atoms with Crippen LogP contribution in [-0.4, -0.2) is 70.4 Å². The molecule has 1 aromatic heterocycles. The van der Waals surface area contributed by atoms with Crippen LogP contribution < -0.4 is 0 Å². The maximum absolute atomic E-state index is 13.8. The van der Waals surface area contributed by atoms with Crippen molar-refractivity contribution in [1.29, 1.82) is 5.26 Å². The largest absolute Gasteiger partial charge is 0.391 e. The molecule has 4 aliphatic rings. The van der Waals surface area contributed by atoms with E-state index in [-0.39, 0.29) is 65.7 Å². The van der Waals surface area contributed by atoms with Gasteiger partial charge in [0, 0.05) is 49.6 Å². The number of rotatable bonds is 9. The lowest BCUT2D eigenvalue weighted by Crippen LogP contribution is -2.63. The average molecular weight is 706 g/mol. The fourth-order valence-corrected chi connectivity index (χ4v) is 8.53. The Balaban J connectivity index is 1.02. The molecule has 8 nitrogen and oxygen atoms in total. The molecular formula is C39H43F4N5O3. The van der Waals surface area contributed by atoms with Crippen LogP contribution in [0.2, 0.25) is 0 Å². The minimum atomic E-state index is -4.19. The van der Waals surface area contributed by atoms with Crippen LogP contribution in [0.4, 0.5) is 17.6 Å². The number of alkyl halides is 3. The fourth-order valence-electron chi connectivity index (χ4n) is 8.53. The van der Waals surface area contributed by atoms with E-state index in [1.807, 2.05) is 28.0 Å². The SMILES string of the molecule is CC1(C)C[C@@H]1C(=O)N1CC2(CN(C(=O)c3cnn(Cc4ccc(F)cc4)c3)C[C@H]2COCc2cccc(C3CCC(C(F)(F)F)CC3)c2C#N)C1.